The molecule has 0 bridgehead atoms. The second-order valence-electron chi connectivity index (χ2n) is 5.46. The van der Waals surface area contributed by atoms with Gasteiger partial charge in [0.2, 0.25) is 0 Å². The van der Waals surface area contributed by atoms with Gasteiger partial charge in [0.1, 0.15) is 0 Å². The fraction of sp³-hybridized carbons (Fsp3) is 0.400. The fourth-order valence-corrected chi connectivity index (χ4v) is 2.90. The number of hydrogen-bond donors (Lipinski definition) is 2. The number of aliphatic hydroxyl groups is 1. The monoisotopic (exact) mass is 287 g/mol. The molecule has 1 aromatic heterocycles. The molecule has 0 aliphatic heterocycles. The zero-order valence-electron chi connectivity index (χ0n) is 11.5. The van der Waals surface area contributed by atoms with Gasteiger partial charge in [-0.2, -0.15) is 0 Å². The van der Waals surface area contributed by atoms with E-state index in [1.807, 2.05) is 0 Å². The third kappa shape index (κ3) is 2.80. The van der Waals surface area contributed by atoms with Crippen LogP contribution in [0.4, 0.5) is 11.4 Å². The van der Waals surface area contributed by atoms with E-state index in [4.69, 9.17) is 0 Å². The van der Waals surface area contributed by atoms with Crippen molar-refractivity contribution in [1.82, 2.24) is 4.98 Å². The molecule has 1 aromatic carbocycles. The summed E-state index contributed by atoms with van der Waals surface area (Å²) in [5.41, 5.74) is 0.960. The molecule has 6 nitrogen and oxygen atoms in total. The second kappa shape index (κ2) is 5.65. The second-order valence-corrected chi connectivity index (χ2v) is 5.46. The average Bonchev–Trinajstić information content (AvgIpc) is 2.49. The van der Waals surface area contributed by atoms with Crippen molar-refractivity contribution < 1.29 is 10.0 Å². The summed E-state index contributed by atoms with van der Waals surface area (Å²) in [6.45, 7) is 0. The Bertz CT molecular complexity index is 666. The minimum Gasteiger partial charge on any atom is -0.393 e. The molecule has 1 heterocycles. The highest BCUT2D eigenvalue weighted by atomic mass is 16.6. The predicted molar refractivity (Wildman–Crippen MR) is 80.3 cm³/mol. The quantitative estimate of drug-likeness (QED) is 0.669. The molecule has 2 N–H and O–H groups in total. The Morgan fingerprint density at radius 2 is 1.95 bits per heavy atom. The lowest BCUT2D eigenvalue weighted by atomic mass is 9.92. The van der Waals surface area contributed by atoms with Crippen LogP contribution in [0.2, 0.25) is 0 Å². The highest BCUT2D eigenvalue weighted by molar-refractivity contribution is 5.99. The third-order valence-corrected chi connectivity index (χ3v) is 4.05. The largest absolute Gasteiger partial charge is 0.393 e. The van der Waals surface area contributed by atoms with Gasteiger partial charge in [0.15, 0.2) is 0 Å². The van der Waals surface area contributed by atoms with Crippen LogP contribution in [0.15, 0.2) is 30.6 Å². The molecular formula is C15H17N3O3. The molecule has 0 spiro atoms. The molecule has 21 heavy (non-hydrogen) atoms. The number of benzene rings is 1. The normalized spacial score (nSPS) is 22.1. The third-order valence-electron chi connectivity index (χ3n) is 4.05. The maximum atomic E-state index is 11.1. The lowest BCUT2D eigenvalue weighted by Gasteiger charge is -2.27. The van der Waals surface area contributed by atoms with Gasteiger partial charge in [0, 0.05) is 35.6 Å². The van der Waals surface area contributed by atoms with E-state index in [9.17, 15) is 15.2 Å². The molecule has 1 aliphatic carbocycles. The van der Waals surface area contributed by atoms with Crippen molar-refractivity contribution in [2.24, 2.45) is 0 Å². The maximum absolute atomic E-state index is 11.1. The van der Waals surface area contributed by atoms with E-state index < -0.39 is 0 Å². The molecule has 2 aromatic rings. The van der Waals surface area contributed by atoms with Gasteiger partial charge in [-0.3, -0.25) is 15.1 Å². The van der Waals surface area contributed by atoms with E-state index in [0.29, 0.717) is 11.4 Å². The van der Waals surface area contributed by atoms with E-state index in [2.05, 4.69) is 10.3 Å². The van der Waals surface area contributed by atoms with E-state index in [1.165, 1.54) is 12.3 Å². The molecular weight excluding hydrogens is 270 g/mol. The molecule has 0 amide bonds. The van der Waals surface area contributed by atoms with Crippen molar-refractivity contribution in [2.75, 3.05) is 5.32 Å². The van der Waals surface area contributed by atoms with Crippen molar-refractivity contribution in [1.29, 1.82) is 0 Å². The van der Waals surface area contributed by atoms with Crippen molar-refractivity contribution in [3.8, 4) is 0 Å². The zero-order valence-corrected chi connectivity index (χ0v) is 11.5. The van der Waals surface area contributed by atoms with Gasteiger partial charge < -0.3 is 10.4 Å². The zero-order chi connectivity index (χ0) is 14.8. The number of hydrogen-bond acceptors (Lipinski definition) is 5. The Balaban J connectivity index is 1.93. The summed E-state index contributed by atoms with van der Waals surface area (Å²) in [6.07, 6.45) is 6.38. The summed E-state index contributed by atoms with van der Waals surface area (Å²) in [5.74, 6) is 0. The molecule has 1 fully saturated rings. The fourth-order valence-electron chi connectivity index (χ4n) is 2.90. The molecule has 0 saturated heterocycles. The number of aromatic nitrogens is 1. The summed E-state index contributed by atoms with van der Waals surface area (Å²) in [4.78, 5) is 14.7. The average molecular weight is 287 g/mol. The van der Waals surface area contributed by atoms with Gasteiger partial charge in [0.05, 0.1) is 16.4 Å². The number of nitrogens with one attached hydrogen (secondary N) is 1. The number of pyridine rings is 1. The Hall–Kier alpha value is -2.21. The summed E-state index contributed by atoms with van der Waals surface area (Å²) >= 11 is 0. The van der Waals surface area contributed by atoms with Crippen molar-refractivity contribution in [3.63, 3.8) is 0 Å². The van der Waals surface area contributed by atoms with Gasteiger partial charge in [-0.15, -0.1) is 0 Å². The number of nitro groups is 1. The highest BCUT2D eigenvalue weighted by Crippen LogP contribution is 2.32. The number of rotatable bonds is 3. The molecule has 1 aliphatic rings. The van der Waals surface area contributed by atoms with Crippen LogP contribution in [0, 0.1) is 10.1 Å². The number of anilines is 1. The lowest BCUT2D eigenvalue weighted by molar-refractivity contribution is -0.383. The van der Waals surface area contributed by atoms with Crippen LogP contribution in [0.5, 0.6) is 0 Å². The smallest absolute Gasteiger partial charge is 0.278 e. The van der Waals surface area contributed by atoms with Crippen LogP contribution in [0.1, 0.15) is 25.7 Å². The summed E-state index contributed by atoms with van der Waals surface area (Å²) < 4.78 is 0. The number of nitro benzene ring substituents is 1. The van der Waals surface area contributed by atoms with Gasteiger partial charge in [-0.25, -0.2) is 0 Å². The summed E-state index contributed by atoms with van der Waals surface area (Å²) in [6, 6.07) is 5.36. The lowest BCUT2D eigenvalue weighted by Crippen LogP contribution is -2.28. The van der Waals surface area contributed by atoms with Gasteiger partial charge >= 0.3 is 0 Å². The molecule has 3 rings (SSSR count). The number of nitrogens with zero attached hydrogens (tertiary/aromatic N) is 2. The maximum Gasteiger partial charge on any atom is 0.278 e. The van der Waals surface area contributed by atoms with E-state index >= 15 is 0 Å². The Morgan fingerprint density at radius 3 is 2.67 bits per heavy atom. The van der Waals surface area contributed by atoms with E-state index in [1.54, 1.807) is 18.3 Å². The summed E-state index contributed by atoms with van der Waals surface area (Å²) in [5, 5.41) is 25.4. The van der Waals surface area contributed by atoms with Crippen LogP contribution in [-0.2, 0) is 0 Å². The molecule has 0 atom stereocenters. The minimum atomic E-state index is -0.384. The number of aliphatic hydroxyl groups excluding tert-OH is 1. The predicted octanol–water partition coefficient (Wildman–Crippen LogP) is 2.86. The molecule has 0 unspecified atom stereocenters. The first-order chi connectivity index (χ1) is 10.1. The van der Waals surface area contributed by atoms with Crippen LogP contribution in [0.25, 0.3) is 10.8 Å². The van der Waals surface area contributed by atoms with Gasteiger partial charge in [0.25, 0.3) is 5.69 Å². The molecule has 0 radical (unpaired) electrons. The standard InChI is InChI=1S/C15H17N3O3/c19-11-3-1-10(2-4-11)17-14-5-6-15(18(20)21)13-9-16-8-7-12(13)14/h5-11,17,19H,1-4H2. The van der Waals surface area contributed by atoms with Crippen molar-refractivity contribution in [3.05, 3.63) is 40.7 Å². The Labute approximate surface area is 122 Å². The molecule has 110 valence electrons. The first-order valence-electron chi connectivity index (χ1n) is 7.11. The van der Waals surface area contributed by atoms with E-state index in [-0.39, 0.29) is 16.7 Å². The first kappa shape index (κ1) is 13.8. The molecule has 6 heteroatoms. The van der Waals surface area contributed by atoms with Crippen LogP contribution in [-0.4, -0.2) is 27.2 Å². The highest BCUT2D eigenvalue weighted by Gasteiger charge is 2.21. The number of fused-ring (bicyclic) bond motifs is 1. The van der Waals surface area contributed by atoms with Crippen molar-refractivity contribution >= 4 is 22.1 Å². The van der Waals surface area contributed by atoms with Crippen LogP contribution < -0.4 is 5.32 Å². The SMILES string of the molecule is O=[N+]([O-])c1ccc(NC2CCC(O)CC2)c2ccncc12. The summed E-state index contributed by atoms with van der Waals surface area (Å²) in [7, 11) is 0. The Morgan fingerprint density at radius 1 is 1.19 bits per heavy atom. The minimum absolute atomic E-state index is 0.0720. The van der Waals surface area contributed by atoms with Crippen molar-refractivity contribution in [2.45, 2.75) is 37.8 Å². The van der Waals surface area contributed by atoms with Gasteiger partial charge in [-0.1, -0.05) is 0 Å². The van der Waals surface area contributed by atoms with Crippen LogP contribution in [0.3, 0.4) is 0 Å². The topological polar surface area (TPSA) is 88.3 Å². The number of non-ortho nitro benzene ring substituents is 1. The van der Waals surface area contributed by atoms with Crippen LogP contribution >= 0.6 is 0 Å². The Kier molecular flexibility index (Phi) is 3.70. The van der Waals surface area contributed by atoms with E-state index in [0.717, 1.165) is 36.8 Å². The van der Waals surface area contributed by atoms with Gasteiger partial charge in [-0.05, 0) is 37.8 Å². The first-order valence-corrected chi connectivity index (χ1v) is 7.11. The molecule has 1 saturated carbocycles.